The van der Waals surface area contributed by atoms with Crippen LogP contribution >= 0.6 is 0 Å². The Balaban J connectivity index is 1.72. The minimum absolute atomic E-state index is 0.275. The third-order valence-corrected chi connectivity index (χ3v) is 6.16. The first-order valence-electron chi connectivity index (χ1n) is 10.5. The fraction of sp³-hybridized carbons (Fsp3) is 0.192. The third kappa shape index (κ3) is 3.08. The number of rotatable bonds is 5. The summed E-state index contributed by atoms with van der Waals surface area (Å²) in [6.45, 7) is 1.95. The topological polar surface area (TPSA) is 86.2 Å². The first-order chi connectivity index (χ1) is 16.0. The Morgan fingerprint density at radius 2 is 1.79 bits per heavy atom. The highest BCUT2D eigenvalue weighted by Gasteiger charge is 2.63. The normalized spacial score (nSPS) is 20.6. The summed E-state index contributed by atoms with van der Waals surface area (Å²) < 4.78 is 10.9. The molecule has 1 N–H and O–H groups in total. The van der Waals surface area contributed by atoms with E-state index in [0.717, 1.165) is 5.56 Å². The summed E-state index contributed by atoms with van der Waals surface area (Å²) in [4.78, 5) is 33.3. The van der Waals surface area contributed by atoms with Gasteiger partial charge in [0.15, 0.2) is 5.78 Å². The average molecular weight is 442 g/mol. The first kappa shape index (κ1) is 20.8. The lowest BCUT2D eigenvalue weighted by Gasteiger charge is -2.27. The van der Waals surface area contributed by atoms with E-state index in [9.17, 15) is 9.59 Å². The number of oxime groups is 1. The van der Waals surface area contributed by atoms with Crippen LogP contribution in [0.1, 0.15) is 27.0 Å². The van der Waals surface area contributed by atoms with Gasteiger partial charge in [0.05, 0.1) is 14.2 Å². The molecule has 0 fully saturated rings. The highest BCUT2D eigenvalue weighted by atomic mass is 16.7. The minimum Gasteiger partial charge on any atom is -0.497 e. The van der Waals surface area contributed by atoms with Crippen LogP contribution in [0.5, 0.6) is 11.5 Å². The maximum Gasteiger partial charge on any atom is 0.277 e. The molecule has 0 aromatic heterocycles. The zero-order chi connectivity index (χ0) is 23.2. The number of carbonyl (C=O) groups excluding carboxylic acids is 2. The van der Waals surface area contributed by atoms with Crippen molar-refractivity contribution in [1.82, 2.24) is 0 Å². The van der Waals surface area contributed by atoms with E-state index >= 15 is 0 Å². The summed E-state index contributed by atoms with van der Waals surface area (Å²) in [5.41, 5.74) is 1.86. The van der Waals surface area contributed by atoms with Crippen LogP contribution in [0, 0.1) is 12.8 Å². The largest absolute Gasteiger partial charge is 0.497 e. The van der Waals surface area contributed by atoms with Gasteiger partial charge in [-0.3, -0.25) is 9.59 Å². The van der Waals surface area contributed by atoms with Crippen LogP contribution in [0.4, 0.5) is 5.69 Å². The van der Waals surface area contributed by atoms with Crippen molar-refractivity contribution in [3.8, 4) is 11.5 Å². The van der Waals surface area contributed by atoms with Crippen molar-refractivity contribution in [2.24, 2.45) is 11.1 Å². The highest BCUT2D eigenvalue weighted by Crippen LogP contribution is 2.50. The Morgan fingerprint density at radius 1 is 1.03 bits per heavy atom. The number of anilines is 1. The molecule has 1 amide bonds. The van der Waals surface area contributed by atoms with Crippen molar-refractivity contribution >= 4 is 23.1 Å². The molecule has 3 aromatic rings. The smallest absolute Gasteiger partial charge is 0.277 e. The number of methoxy groups -OCH3 is 2. The van der Waals surface area contributed by atoms with Gasteiger partial charge < -0.3 is 19.6 Å². The van der Waals surface area contributed by atoms with Gasteiger partial charge in [0, 0.05) is 22.4 Å². The monoisotopic (exact) mass is 442 g/mol. The second-order valence-electron chi connectivity index (χ2n) is 8.03. The number of hydrogen-bond donors (Lipinski definition) is 1. The molecule has 7 nitrogen and oxygen atoms in total. The standard InChI is InChI=1S/C26H22N2O5/c1-15-8-10-16(11-9-15)24(29)22-23(18-14-17(31-2)12-13-21(18)32-3)28-33-26(22)19-6-4-5-7-20(19)27-25(26)30/h4-14,22H,1-3H3,(H,27,30)/t22-,26+/m0/s1. The number of ketones is 1. The molecule has 0 radical (unpaired) electrons. The van der Waals surface area contributed by atoms with E-state index in [1.807, 2.05) is 31.2 Å². The summed E-state index contributed by atoms with van der Waals surface area (Å²) in [5, 5.41) is 7.17. The summed E-state index contributed by atoms with van der Waals surface area (Å²) in [7, 11) is 3.08. The quantitative estimate of drug-likeness (QED) is 0.602. The van der Waals surface area contributed by atoms with Gasteiger partial charge in [0.1, 0.15) is 23.1 Å². The second-order valence-corrected chi connectivity index (χ2v) is 8.03. The van der Waals surface area contributed by atoms with Gasteiger partial charge in [-0.05, 0) is 31.2 Å². The molecule has 0 aliphatic carbocycles. The molecule has 166 valence electrons. The van der Waals surface area contributed by atoms with Gasteiger partial charge in [-0.2, -0.15) is 0 Å². The Morgan fingerprint density at radius 3 is 2.52 bits per heavy atom. The molecule has 0 unspecified atom stereocenters. The van der Waals surface area contributed by atoms with Crippen LogP contribution in [0.3, 0.4) is 0 Å². The van der Waals surface area contributed by atoms with Crippen molar-refractivity contribution in [2.45, 2.75) is 12.5 Å². The van der Waals surface area contributed by atoms with Crippen molar-refractivity contribution in [1.29, 1.82) is 0 Å². The average Bonchev–Trinajstić information content (AvgIpc) is 3.37. The van der Waals surface area contributed by atoms with E-state index in [-0.39, 0.29) is 5.78 Å². The molecule has 33 heavy (non-hydrogen) atoms. The van der Waals surface area contributed by atoms with Crippen LogP contribution in [-0.4, -0.2) is 31.6 Å². The van der Waals surface area contributed by atoms with Crippen LogP contribution in [-0.2, 0) is 15.2 Å². The van der Waals surface area contributed by atoms with Crippen LogP contribution in [0.15, 0.2) is 71.9 Å². The Bertz CT molecular complexity index is 1300. The maximum atomic E-state index is 14.0. The molecule has 0 bridgehead atoms. The molecule has 2 aliphatic heterocycles. The zero-order valence-electron chi connectivity index (χ0n) is 18.4. The maximum absolute atomic E-state index is 14.0. The number of fused-ring (bicyclic) bond motifs is 2. The number of amides is 1. The second kappa shape index (κ2) is 7.78. The van der Waals surface area contributed by atoms with E-state index in [0.29, 0.717) is 39.6 Å². The number of ether oxygens (including phenoxy) is 2. The molecule has 2 heterocycles. The van der Waals surface area contributed by atoms with Crippen LogP contribution in [0.2, 0.25) is 0 Å². The number of nitrogens with one attached hydrogen (secondary N) is 1. The molecule has 3 aromatic carbocycles. The van der Waals surface area contributed by atoms with E-state index in [1.165, 1.54) is 7.11 Å². The first-order valence-corrected chi connectivity index (χ1v) is 10.5. The molecule has 1 spiro atoms. The summed E-state index contributed by atoms with van der Waals surface area (Å²) in [6.07, 6.45) is 0. The Labute approximate surface area is 191 Å². The molecule has 7 heteroatoms. The number of carbonyl (C=O) groups is 2. The molecule has 0 saturated heterocycles. The predicted molar refractivity (Wildman–Crippen MR) is 123 cm³/mol. The molecular formula is C26H22N2O5. The van der Waals surface area contributed by atoms with Crippen molar-refractivity contribution in [2.75, 3.05) is 19.5 Å². The van der Waals surface area contributed by atoms with Crippen LogP contribution < -0.4 is 14.8 Å². The number of nitrogens with zero attached hydrogens (tertiary/aromatic N) is 1. The van der Waals surface area contributed by atoms with E-state index in [1.54, 1.807) is 49.6 Å². The van der Waals surface area contributed by atoms with E-state index in [2.05, 4.69) is 10.5 Å². The Hall–Kier alpha value is -4.13. The van der Waals surface area contributed by atoms with Crippen molar-refractivity contribution in [3.05, 3.63) is 89.0 Å². The van der Waals surface area contributed by atoms with Gasteiger partial charge in [0.25, 0.3) is 11.5 Å². The molecule has 2 aliphatic rings. The van der Waals surface area contributed by atoms with Gasteiger partial charge in [-0.15, -0.1) is 0 Å². The van der Waals surface area contributed by atoms with Gasteiger partial charge in [0.2, 0.25) is 0 Å². The zero-order valence-corrected chi connectivity index (χ0v) is 18.4. The third-order valence-electron chi connectivity index (χ3n) is 6.16. The number of hydrogen-bond acceptors (Lipinski definition) is 6. The fourth-order valence-electron chi connectivity index (χ4n) is 4.46. The SMILES string of the molecule is COc1ccc(OC)c(C2=NO[C@@]3(C(=O)Nc4ccccc43)[C@@H]2C(=O)c2ccc(C)cc2)c1. The lowest BCUT2D eigenvalue weighted by atomic mass is 9.74. The molecular weight excluding hydrogens is 420 g/mol. The van der Waals surface area contributed by atoms with Gasteiger partial charge >= 0.3 is 0 Å². The molecule has 2 atom stereocenters. The fourth-order valence-corrected chi connectivity index (χ4v) is 4.46. The van der Waals surface area contributed by atoms with Gasteiger partial charge in [-0.25, -0.2) is 0 Å². The summed E-state index contributed by atoms with van der Waals surface area (Å²) in [5.74, 6) is -0.696. The summed E-state index contributed by atoms with van der Waals surface area (Å²) >= 11 is 0. The van der Waals surface area contributed by atoms with Crippen molar-refractivity contribution in [3.63, 3.8) is 0 Å². The minimum atomic E-state index is -1.62. The number of Topliss-reactive ketones (excluding diaryl/α,β-unsaturated/α-hetero) is 1. The number of benzene rings is 3. The Kier molecular flexibility index (Phi) is 4.89. The number of para-hydroxylation sites is 1. The predicted octanol–water partition coefficient (Wildman–Crippen LogP) is 4.09. The number of aryl methyl sites for hydroxylation is 1. The van der Waals surface area contributed by atoms with E-state index < -0.39 is 17.4 Å². The molecule has 0 saturated carbocycles. The summed E-state index contributed by atoms with van der Waals surface area (Å²) in [6, 6.07) is 19.6. The molecule has 5 rings (SSSR count). The van der Waals surface area contributed by atoms with Gasteiger partial charge in [-0.1, -0.05) is 53.2 Å². The van der Waals surface area contributed by atoms with E-state index in [4.69, 9.17) is 14.3 Å². The van der Waals surface area contributed by atoms with Crippen LogP contribution in [0.25, 0.3) is 0 Å². The lowest BCUT2D eigenvalue weighted by Crippen LogP contribution is -2.46. The van der Waals surface area contributed by atoms with Crippen molar-refractivity contribution < 1.29 is 23.9 Å². The lowest BCUT2D eigenvalue weighted by molar-refractivity contribution is -0.140. The highest BCUT2D eigenvalue weighted by molar-refractivity contribution is 6.25.